The highest BCUT2D eigenvalue weighted by molar-refractivity contribution is 5.82. The van der Waals surface area contributed by atoms with Crippen LogP contribution in [0.15, 0.2) is 36.9 Å². The summed E-state index contributed by atoms with van der Waals surface area (Å²) in [6.45, 7) is -0.227. The topological polar surface area (TPSA) is 135 Å². The molecule has 1 saturated heterocycles. The molecule has 1 unspecified atom stereocenters. The third kappa shape index (κ3) is 4.39. The SMILES string of the molecule is OC[C@H]1OC(n2cnc3c(NCc4ccc(OC(F)(F)F)cc4)ncnc32)[C@@H](O)[C@@H]1O. The second-order valence-electron chi connectivity index (χ2n) is 6.82. The first-order valence-electron chi connectivity index (χ1n) is 9.15. The van der Waals surface area contributed by atoms with Crippen molar-refractivity contribution in [1.29, 1.82) is 0 Å². The Balaban J connectivity index is 1.50. The number of alkyl halides is 3. The number of ether oxygens (including phenoxy) is 2. The maximum atomic E-state index is 12.3. The van der Waals surface area contributed by atoms with E-state index in [2.05, 4.69) is 25.0 Å². The fourth-order valence-electron chi connectivity index (χ4n) is 3.27. The summed E-state index contributed by atoms with van der Waals surface area (Å²) in [6, 6.07) is 5.36. The van der Waals surface area contributed by atoms with E-state index in [0.29, 0.717) is 22.5 Å². The molecular formula is C18H18F3N5O5. The fraction of sp³-hybridized carbons (Fsp3) is 0.389. The monoisotopic (exact) mass is 441 g/mol. The molecule has 0 saturated carbocycles. The van der Waals surface area contributed by atoms with Gasteiger partial charge >= 0.3 is 6.36 Å². The molecular weight excluding hydrogens is 423 g/mol. The average Bonchev–Trinajstić information content (AvgIpc) is 3.28. The number of aromatic nitrogens is 4. The Kier molecular flexibility index (Phi) is 5.66. The zero-order chi connectivity index (χ0) is 22.2. The largest absolute Gasteiger partial charge is 0.573 e. The summed E-state index contributed by atoms with van der Waals surface area (Å²) in [5.41, 5.74) is 1.35. The van der Waals surface area contributed by atoms with Crippen LogP contribution in [-0.2, 0) is 11.3 Å². The smallest absolute Gasteiger partial charge is 0.406 e. The first-order chi connectivity index (χ1) is 14.8. The average molecular weight is 441 g/mol. The number of nitrogens with one attached hydrogen (secondary N) is 1. The number of halogens is 3. The highest BCUT2D eigenvalue weighted by Gasteiger charge is 2.44. The van der Waals surface area contributed by atoms with Crippen LogP contribution < -0.4 is 10.1 Å². The Morgan fingerprint density at radius 3 is 2.48 bits per heavy atom. The third-order valence-electron chi connectivity index (χ3n) is 4.77. The molecule has 4 N–H and O–H groups in total. The Labute approximate surface area is 172 Å². The van der Waals surface area contributed by atoms with Crippen molar-refractivity contribution >= 4 is 17.0 Å². The first-order valence-corrected chi connectivity index (χ1v) is 9.15. The molecule has 13 heteroatoms. The lowest BCUT2D eigenvalue weighted by Gasteiger charge is -2.16. The van der Waals surface area contributed by atoms with Crippen molar-refractivity contribution in [2.45, 2.75) is 37.4 Å². The minimum Gasteiger partial charge on any atom is -0.406 e. The highest BCUT2D eigenvalue weighted by atomic mass is 19.4. The molecule has 166 valence electrons. The normalized spacial score (nSPS) is 23.9. The van der Waals surface area contributed by atoms with Gasteiger partial charge in [0.25, 0.3) is 0 Å². The van der Waals surface area contributed by atoms with Gasteiger partial charge in [-0.25, -0.2) is 15.0 Å². The van der Waals surface area contributed by atoms with E-state index in [1.807, 2.05) is 0 Å². The van der Waals surface area contributed by atoms with Crippen LogP contribution in [0.3, 0.4) is 0 Å². The van der Waals surface area contributed by atoms with E-state index >= 15 is 0 Å². The molecule has 31 heavy (non-hydrogen) atoms. The van der Waals surface area contributed by atoms with Crippen molar-refractivity contribution in [3.8, 4) is 5.75 Å². The van der Waals surface area contributed by atoms with Gasteiger partial charge in [-0.05, 0) is 17.7 Å². The lowest BCUT2D eigenvalue weighted by molar-refractivity contribution is -0.274. The Bertz CT molecular complexity index is 1050. The lowest BCUT2D eigenvalue weighted by atomic mass is 10.1. The molecule has 2 aromatic heterocycles. The van der Waals surface area contributed by atoms with Crippen LogP contribution in [0, 0.1) is 0 Å². The maximum Gasteiger partial charge on any atom is 0.573 e. The number of hydrogen-bond acceptors (Lipinski definition) is 9. The molecule has 4 rings (SSSR count). The predicted molar refractivity (Wildman–Crippen MR) is 98.8 cm³/mol. The summed E-state index contributed by atoms with van der Waals surface area (Å²) in [5.74, 6) is 0.0315. The zero-order valence-electron chi connectivity index (χ0n) is 15.8. The molecule has 1 fully saturated rings. The summed E-state index contributed by atoms with van der Waals surface area (Å²) in [7, 11) is 0. The standard InChI is InChI=1S/C18H18F3N5O5/c19-18(20,21)31-10-3-1-9(2-4-10)5-22-15-12-16(24-7-23-15)26(8-25-12)17-14(29)13(28)11(6-27)30-17/h1-4,7-8,11,13-14,17,27-29H,5-6H2,(H,22,23,24)/t11-,13-,14+,17?/m1/s1. The van der Waals surface area contributed by atoms with Gasteiger partial charge < -0.3 is 30.1 Å². The number of aliphatic hydroxyl groups is 3. The van der Waals surface area contributed by atoms with Gasteiger partial charge in [0.1, 0.15) is 30.4 Å². The van der Waals surface area contributed by atoms with E-state index < -0.39 is 37.5 Å². The minimum atomic E-state index is -4.75. The quantitative estimate of drug-likeness (QED) is 0.441. The Morgan fingerprint density at radius 1 is 1.10 bits per heavy atom. The van der Waals surface area contributed by atoms with Gasteiger partial charge in [0.15, 0.2) is 23.2 Å². The summed E-state index contributed by atoms with van der Waals surface area (Å²) in [5, 5.41) is 32.5. The molecule has 10 nitrogen and oxygen atoms in total. The van der Waals surface area contributed by atoms with E-state index in [1.165, 1.54) is 41.5 Å². The number of imidazole rings is 1. The molecule has 0 aliphatic carbocycles. The highest BCUT2D eigenvalue weighted by Crippen LogP contribution is 2.32. The molecule has 0 amide bonds. The first kappa shape index (κ1) is 21.2. The molecule has 1 aliphatic rings. The van der Waals surface area contributed by atoms with Crippen molar-refractivity contribution in [3.05, 3.63) is 42.5 Å². The van der Waals surface area contributed by atoms with Crippen LogP contribution in [0.2, 0.25) is 0 Å². The van der Waals surface area contributed by atoms with Crippen molar-refractivity contribution in [1.82, 2.24) is 19.5 Å². The summed E-state index contributed by atoms with van der Waals surface area (Å²) >= 11 is 0. The second kappa shape index (κ2) is 8.26. The number of benzene rings is 1. The van der Waals surface area contributed by atoms with Gasteiger partial charge in [-0.1, -0.05) is 12.1 Å². The number of aliphatic hydroxyl groups excluding tert-OH is 3. The molecule has 1 aliphatic heterocycles. The number of fused-ring (bicyclic) bond motifs is 1. The van der Waals surface area contributed by atoms with E-state index in [1.54, 1.807) is 0 Å². The van der Waals surface area contributed by atoms with Crippen LogP contribution in [0.1, 0.15) is 11.8 Å². The zero-order valence-corrected chi connectivity index (χ0v) is 15.8. The molecule has 0 bridgehead atoms. The van der Waals surface area contributed by atoms with Gasteiger partial charge in [0.05, 0.1) is 12.9 Å². The summed E-state index contributed by atoms with van der Waals surface area (Å²) in [6.07, 6.45) is -6.62. The number of rotatable bonds is 6. The number of anilines is 1. The Morgan fingerprint density at radius 2 is 1.84 bits per heavy atom. The van der Waals surface area contributed by atoms with Gasteiger partial charge in [-0.2, -0.15) is 0 Å². The molecule has 0 spiro atoms. The second-order valence-corrected chi connectivity index (χ2v) is 6.82. The Hall–Kier alpha value is -3.00. The van der Waals surface area contributed by atoms with Crippen LogP contribution >= 0.6 is 0 Å². The third-order valence-corrected chi connectivity index (χ3v) is 4.77. The van der Waals surface area contributed by atoms with E-state index in [0.717, 1.165) is 0 Å². The molecule has 3 aromatic rings. The minimum absolute atomic E-state index is 0.235. The molecule has 4 atom stereocenters. The lowest BCUT2D eigenvalue weighted by Crippen LogP contribution is -2.33. The van der Waals surface area contributed by atoms with Gasteiger partial charge in [0, 0.05) is 6.54 Å². The number of hydrogen-bond donors (Lipinski definition) is 4. The van der Waals surface area contributed by atoms with E-state index in [4.69, 9.17) is 4.74 Å². The maximum absolute atomic E-state index is 12.3. The summed E-state index contributed by atoms with van der Waals surface area (Å²) in [4.78, 5) is 12.5. The van der Waals surface area contributed by atoms with Gasteiger partial charge in [-0.15, -0.1) is 13.2 Å². The predicted octanol–water partition coefficient (Wildman–Crippen LogP) is 0.949. The fourth-order valence-corrected chi connectivity index (χ4v) is 3.27. The molecule has 1 aromatic carbocycles. The van der Waals surface area contributed by atoms with E-state index in [-0.39, 0.29) is 12.3 Å². The van der Waals surface area contributed by atoms with Crippen molar-refractivity contribution < 1.29 is 38.0 Å². The van der Waals surface area contributed by atoms with Crippen LogP contribution in [0.5, 0.6) is 5.75 Å². The van der Waals surface area contributed by atoms with Crippen LogP contribution in [-0.4, -0.2) is 66.1 Å². The molecule has 0 radical (unpaired) electrons. The number of nitrogens with zero attached hydrogens (tertiary/aromatic N) is 4. The van der Waals surface area contributed by atoms with E-state index in [9.17, 15) is 28.5 Å². The van der Waals surface area contributed by atoms with Crippen LogP contribution in [0.4, 0.5) is 19.0 Å². The summed E-state index contributed by atoms with van der Waals surface area (Å²) < 4.78 is 47.5. The van der Waals surface area contributed by atoms with Crippen molar-refractivity contribution in [2.75, 3.05) is 11.9 Å². The van der Waals surface area contributed by atoms with Gasteiger partial charge in [-0.3, -0.25) is 4.57 Å². The van der Waals surface area contributed by atoms with Crippen LogP contribution in [0.25, 0.3) is 11.2 Å². The van der Waals surface area contributed by atoms with Crippen molar-refractivity contribution in [3.63, 3.8) is 0 Å². The van der Waals surface area contributed by atoms with Gasteiger partial charge in [0.2, 0.25) is 0 Å². The van der Waals surface area contributed by atoms with Crippen molar-refractivity contribution in [2.24, 2.45) is 0 Å². The molecule has 3 heterocycles.